The lowest BCUT2D eigenvalue weighted by molar-refractivity contribution is -0.303. The maximum absolute atomic E-state index is 13.3. The molecule has 1 heterocycles. The summed E-state index contributed by atoms with van der Waals surface area (Å²) in [4.78, 5) is 13.3. The molecule has 0 radical (unpaired) electrons. The number of hydrogen-bond acceptors (Lipinski definition) is 10. The Kier molecular flexibility index (Phi) is 64.5. The molecule has 11 nitrogen and oxygen atoms in total. The van der Waals surface area contributed by atoms with Crippen LogP contribution < -0.4 is 5.32 Å². The van der Waals surface area contributed by atoms with E-state index >= 15 is 0 Å². The van der Waals surface area contributed by atoms with Crippen LogP contribution in [0.5, 0.6) is 0 Å². The first-order valence-electron chi connectivity index (χ1n) is 39.6. The van der Waals surface area contributed by atoms with Crippen molar-refractivity contribution in [3.8, 4) is 0 Å². The number of hydrogen-bond donors (Lipinski definition) is 8. The second kappa shape index (κ2) is 66.9. The van der Waals surface area contributed by atoms with E-state index in [0.717, 1.165) is 32.1 Å². The molecule has 9 unspecified atom stereocenters. The molecule has 0 bridgehead atoms. The maximum atomic E-state index is 13.3. The molecule has 1 aliphatic heterocycles. The fraction of sp³-hybridized carbons (Fsp3) is 0.962. The van der Waals surface area contributed by atoms with Gasteiger partial charge in [-0.3, -0.25) is 4.79 Å². The third-order valence-electron chi connectivity index (χ3n) is 19.6. The van der Waals surface area contributed by atoms with Crippen molar-refractivity contribution in [1.82, 2.24) is 5.32 Å². The molecule has 1 aliphatic rings. The summed E-state index contributed by atoms with van der Waals surface area (Å²) >= 11 is 0. The third-order valence-corrected chi connectivity index (χ3v) is 19.6. The summed E-state index contributed by atoms with van der Waals surface area (Å²) in [7, 11) is 0. The van der Waals surface area contributed by atoms with Gasteiger partial charge in [-0.15, -0.1) is 0 Å². The van der Waals surface area contributed by atoms with Crippen LogP contribution in [0.3, 0.4) is 0 Å². The molecule has 9 atom stereocenters. The molecule has 1 amide bonds. The van der Waals surface area contributed by atoms with E-state index in [2.05, 4.69) is 31.3 Å². The summed E-state index contributed by atoms with van der Waals surface area (Å²) in [5.74, 6) is -0.696. The predicted molar refractivity (Wildman–Crippen MR) is 376 cm³/mol. The quantitative estimate of drug-likeness (QED) is 0.0215. The topological polar surface area (TPSA) is 189 Å². The van der Waals surface area contributed by atoms with Crippen molar-refractivity contribution in [3.05, 3.63) is 12.2 Å². The molecule has 0 aromatic heterocycles. The van der Waals surface area contributed by atoms with Crippen LogP contribution in [0.25, 0.3) is 0 Å². The van der Waals surface area contributed by atoms with Gasteiger partial charge in [-0.05, 0) is 38.5 Å². The van der Waals surface area contributed by atoms with E-state index in [-0.39, 0.29) is 12.8 Å². The molecule has 0 aromatic rings. The van der Waals surface area contributed by atoms with Gasteiger partial charge >= 0.3 is 0 Å². The second-order valence-corrected chi connectivity index (χ2v) is 28.1. The van der Waals surface area contributed by atoms with Crippen LogP contribution in [-0.2, 0) is 14.3 Å². The molecular weight excluding hydrogens is 1110 g/mol. The number of amides is 1. The summed E-state index contributed by atoms with van der Waals surface area (Å²) < 4.78 is 11.2. The second-order valence-electron chi connectivity index (χ2n) is 28.1. The molecule has 1 fully saturated rings. The average molecular weight is 1270 g/mol. The number of nitrogens with one attached hydrogen (secondary N) is 1. The van der Waals surface area contributed by atoms with Gasteiger partial charge < -0.3 is 50.5 Å². The van der Waals surface area contributed by atoms with Crippen molar-refractivity contribution in [1.29, 1.82) is 0 Å². The van der Waals surface area contributed by atoms with E-state index in [1.165, 1.54) is 340 Å². The van der Waals surface area contributed by atoms with Crippen LogP contribution in [-0.4, -0.2) is 110 Å². The Morgan fingerprint density at radius 2 is 0.663 bits per heavy atom. The van der Waals surface area contributed by atoms with E-state index in [1.807, 2.05) is 0 Å². The Labute approximate surface area is 551 Å². The minimum Gasteiger partial charge on any atom is -0.394 e. The molecule has 8 N–H and O–H groups in total. The fourth-order valence-electron chi connectivity index (χ4n) is 13.3. The number of allylic oxidation sites excluding steroid dienone is 2. The van der Waals surface area contributed by atoms with Gasteiger partial charge in [0.1, 0.15) is 36.6 Å². The zero-order valence-corrected chi connectivity index (χ0v) is 59.0. The van der Waals surface area contributed by atoms with Gasteiger partial charge in [0.15, 0.2) is 6.29 Å². The van der Waals surface area contributed by atoms with Crippen molar-refractivity contribution in [2.45, 2.75) is 467 Å². The summed E-state index contributed by atoms with van der Waals surface area (Å²) in [6.45, 7) is 3.52. The van der Waals surface area contributed by atoms with Crippen molar-refractivity contribution in [2.75, 3.05) is 13.2 Å². The number of rotatable bonds is 71. The molecule has 89 heavy (non-hydrogen) atoms. The number of carbonyl (C=O) groups excluding carboxylic acids is 1. The summed E-state index contributed by atoms with van der Waals surface area (Å²) in [5.41, 5.74) is 0. The first kappa shape index (κ1) is 85.9. The van der Waals surface area contributed by atoms with E-state index in [0.29, 0.717) is 12.8 Å². The lowest BCUT2D eigenvalue weighted by atomic mass is 9.98. The standard InChI is InChI=1S/C78H153NO10/c1-3-5-7-9-11-13-15-17-19-21-23-25-27-29-31-33-35-37-39-41-43-45-47-49-51-53-55-57-59-61-63-65-70(81)73(83)69(68-88-78-76(86)75(85)74(84)72(67-80)89-78)79-77(87)71(82)66-64-62-60-58-56-54-52-50-48-46-44-42-40-38-36-34-32-30-28-26-24-22-20-18-16-14-12-10-8-6-4-2/h57,59,69-76,78,80-86H,3-56,58,60-68H2,1-2H3,(H,79,87)/b59-57+. The number of ether oxygens (including phenoxy) is 2. The average Bonchev–Trinajstić information content (AvgIpc) is 1.72. The molecule has 1 rings (SSSR count). The lowest BCUT2D eigenvalue weighted by Gasteiger charge is -2.40. The molecule has 0 spiro atoms. The van der Waals surface area contributed by atoms with E-state index in [9.17, 15) is 40.5 Å². The first-order chi connectivity index (χ1) is 43.7. The highest BCUT2D eigenvalue weighted by molar-refractivity contribution is 5.80. The number of aliphatic hydroxyl groups is 7. The maximum Gasteiger partial charge on any atom is 0.249 e. The molecule has 0 aromatic carbocycles. The molecule has 0 saturated carbocycles. The van der Waals surface area contributed by atoms with Crippen LogP contribution >= 0.6 is 0 Å². The van der Waals surface area contributed by atoms with Gasteiger partial charge in [0.25, 0.3) is 0 Å². The first-order valence-corrected chi connectivity index (χ1v) is 39.6. The Bertz CT molecular complexity index is 1450. The smallest absolute Gasteiger partial charge is 0.249 e. The summed E-state index contributed by atoms with van der Waals surface area (Å²) in [6, 6.07) is -1.18. The van der Waals surface area contributed by atoms with Crippen molar-refractivity contribution in [3.63, 3.8) is 0 Å². The van der Waals surface area contributed by atoms with Gasteiger partial charge in [-0.25, -0.2) is 0 Å². The van der Waals surface area contributed by atoms with Crippen LogP contribution in [0, 0.1) is 0 Å². The zero-order valence-electron chi connectivity index (χ0n) is 59.0. The normalized spacial score (nSPS) is 18.5. The summed E-state index contributed by atoms with van der Waals surface area (Å²) in [6.07, 6.45) is 73.3. The van der Waals surface area contributed by atoms with Crippen molar-refractivity contribution < 1.29 is 50.0 Å². The number of carbonyl (C=O) groups is 1. The van der Waals surface area contributed by atoms with Crippen LogP contribution in [0.2, 0.25) is 0 Å². The Morgan fingerprint density at radius 1 is 0.382 bits per heavy atom. The minimum absolute atomic E-state index is 0.260. The fourth-order valence-corrected chi connectivity index (χ4v) is 13.3. The molecular formula is C78H153NO10. The van der Waals surface area contributed by atoms with Crippen LogP contribution in [0.15, 0.2) is 12.2 Å². The monoisotopic (exact) mass is 1260 g/mol. The molecule has 1 saturated heterocycles. The molecule has 530 valence electrons. The largest absolute Gasteiger partial charge is 0.394 e. The highest BCUT2D eigenvalue weighted by atomic mass is 16.7. The van der Waals surface area contributed by atoms with Crippen molar-refractivity contribution >= 4 is 5.91 Å². The van der Waals surface area contributed by atoms with Crippen molar-refractivity contribution in [2.24, 2.45) is 0 Å². The van der Waals surface area contributed by atoms with Gasteiger partial charge in [0.2, 0.25) is 5.91 Å². The SMILES string of the molecule is CCCCCCCCCCCCCCCCCCCCCCCCCCCC/C=C/CCCC(O)C(O)C(COC1OC(CO)C(O)C(O)C1O)NC(=O)C(O)CCCCCCCCCCCCCCCCCCCCCCCCCCCCCCCCC. The van der Waals surface area contributed by atoms with Gasteiger partial charge in [-0.1, -0.05) is 386 Å². The van der Waals surface area contributed by atoms with Gasteiger partial charge in [-0.2, -0.15) is 0 Å². The van der Waals surface area contributed by atoms with E-state index in [1.54, 1.807) is 0 Å². The molecule has 11 heteroatoms. The number of unbranched alkanes of at least 4 members (excludes halogenated alkanes) is 57. The lowest BCUT2D eigenvalue weighted by Crippen LogP contribution is -2.60. The highest BCUT2D eigenvalue weighted by Gasteiger charge is 2.44. The Morgan fingerprint density at radius 3 is 0.966 bits per heavy atom. The zero-order chi connectivity index (χ0) is 64.6. The highest BCUT2D eigenvalue weighted by Crippen LogP contribution is 2.24. The number of aliphatic hydroxyl groups excluding tert-OH is 7. The van der Waals surface area contributed by atoms with Crippen LogP contribution in [0.4, 0.5) is 0 Å². The van der Waals surface area contributed by atoms with Gasteiger partial charge in [0, 0.05) is 0 Å². The third kappa shape index (κ3) is 53.8. The van der Waals surface area contributed by atoms with E-state index < -0.39 is 74.2 Å². The Hall–Kier alpha value is -1.15. The minimum atomic E-state index is -1.67. The van der Waals surface area contributed by atoms with Gasteiger partial charge in [0.05, 0.1) is 25.4 Å². The molecule has 0 aliphatic carbocycles. The Balaban J connectivity index is 2.14. The van der Waals surface area contributed by atoms with Crippen LogP contribution in [0.1, 0.15) is 412 Å². The summed E-state index contributed by atoms with van der Waals surface area (Å²) in [5, 5.41) is 76.7. The van der Waals surface area contributed by atoms with E-state index in [4.69, 9.17) is 9.47 Å². The predicted octanol–water partition coefficient (Wildman–Crippen LogP) is 20.2.